The van der Waals surface area contributed by atoms with Crippen molar-refractivity contribution in [3.05, 3.63) is 29.8 Å². The topological polar surface area (TPSA) is 26.3 Å². The lowest BCUT2D eigenvalue weighted by Gasteiger charge is -2.20. The molecule has 0 radical (unpaired) electrons. The summed E-state index contributed by atoms with van der Waals surface area (Å²) in [5.74, 6) is 3.13. The van der Waals surface area contributed by atoms with Crippen LogP contribution >= 0.6 is 0 Å². The molecule has 1 rings (SSSR count). The molecular weight excluding hydrogens is 176 g/mol. The first-order valence-corrected chi connectivity index (χ1v) is 4.29. The van der Waals surface area contributed by atoms with Crippen LogP contribution in [0.2, 0.25) is 0 Å². The second-order valence-corrected chi connectivity index (χ2v) is 3.45. The van der Waals surface area contributed by atoms with Gasteiger partial charge in [0.25, 0.3) is 0 Å². The second kappa shape index (κ2) is 3.97. The SMILES string of the molecule is C#CC(C)(C)Oc1cccc(C=O)c1. The predicted octanol–water partition coefficient (Wildman–Crippen LogP) is 2.29. The van der Waals surface area contributed by atoms with E-state index in [9.17, 15) is 4.79 Å². The number of hydrogen-bond donors (Lipinski definition) is 0. The molecule has 0 bridgehead atoms. The van der Waals surface area contributed by atoms with E-state index >= 15 is 0 Å². The van der Waals surface area contributed by atoms with E-state index in [4.69, 9.17) is 11.2 Å². The molecule has 1 aromatic carbocycles. The summed E-state index contributed by atoms with van der Waals surface area (Å²) in [5.41, 5.74) is -0.0723. The van der Waals surface area contributed by atoms with Crippen molar-refractivity contribution in [2.45, 2.75) is 19.4 Å². The number of benzene rings is 1. The van der Waals surface area contributed by atoms with Crippen LogP contribution in [0.1, 0.15) is 24.2 Å². The number of carbonyl (C=O) groups is 1. The van der Waals surface area contributed by atoms with Crippen LogP contribution in [0.5, 0.6) is 5.75 Å². The fraction of sp³-hybridized carbons (Fsp3) is 0.250. The molecule has 0 heterocycles. The molecule has 0 amide bonds. The van der Waals surface area contributed by atoms with Crippen molar-refractivity contribution >= 4 is 6.29 Å². The largest absolute Gasteiger partial charge is 0.475 e. The Balaban J connectivity index is 2.88. The minimum atomic E-state index is -0.651. The zero-order valence-corrected chi connectivity index (χ0v) is 8.28. The molecule has 0 saturated heterocycles. The summed E-state index contributed by atoms with van der Waals surface area (Å²) in [5, 5.41) is 0. The highest BCUT2D eigenvalue weighted by Gasteiger charge is 2.15. The monoisotopic (exact) mass is 188 g/mol. The average molecular weight is 188 g/mol. The maximum atomic E-state index is 10.5. The first-order valence-electron chi connectivity index (χ1n) is 4.29. The summed E-state index contributed by atoms with van der Waals surface area (Å²) < 4.78 is 5.50. The fourth-order valence-corrected chi connectivity index (χ4v) is 0.975. The van der Waals surface area contributed by atoms with Gasteiger partial charge in [-0.25, -0.2) is 0 Å². The van der Waals surface area contributed by atoms with Gasteiger partial charge in [0.05, 0.1) is 0 Å². The van der Waals surface area contributed by atoms with Crippen molar-refractivity contribution in [3.8, 4) is 18.1 Å². The van der Waals surface area contributed by atoms with E-state index in [1.54, 1.807) is 38.1 Å². The highest BCUT2D eigenvalue weighted by atomic mass is 16.5. The number of ether oxygens (including phenoxy) is 1. The summed E-state index contributed by atoms with van der Waals surface area (Å²) >= 11 is 0. The molecule has 0 aliphatic carbocycles. The van der Waals surface area contributed by atoms with Crippen LogP contribution in [0, 0.1) is 12.3 Å². The lowest BCUT2D eigenvalue weighted by Crippen LogP contribution is -2.25. The lowest BCUT2D eigenvalue weighted by atomic mass is 10.1. The van der Waals surface area contributed by atoms with Gasteiger partial charge in [-0.2, -0.15) is 0 Å². The zero-order chi connectivity index (χ0) is 10.6. The van der Waals surface area contributed by atoms with Crippen molar-refractivity contribution in [2.24, 2.45) is 0 Å². The van der Waals surface area contributed by atoms with Crippen LogP contribution in [0.15, 0.2) is 24.3 Å². The number of hydrogen-bond acceptors (Lipinski definition) is 2. The van der Waals surface area contributed by atoms with Gasteiger partial charge in [0.1, 0.15) is 12.0 Å². The normalized spacial score (nSPS) is 10.4. The van der Waals surface area contributed by atoms with E-state index in [1.165, 1.54) is 0 Å². The molecule has 1 aromatic rings. The molecule has 0 spiro atoms. The van der Waals surface area contributed by atoms with Crippen molar-refractivity contribution in [3.63, 3.8) is 0 Å². The van der Waals surface area contributed by atoms with Crippen molar-refractivity contribution in [1.29, 1.82) is 0 Å². The van der Waals surface area contributed by atoms with Crippen LogP contribution in [0.4, 0.5) is 0 Å². The Morgan fingerprint density at radius 2 is 2.21 bits per heavy atom. The van der Waals surface area contributed by atoms with Crippen LogP contribution in [0.25, 0.3) is 0 Å². The van der Waals surface area contributed by atoms with Gasteiger partial charge in [-0.3, -0.25) is 4.79 Å². The zero-order valence-electron chi connectivity index (χ0n) is 8.28. The van der Waals surface area contributed by atoms with Crippen molar-refractivity contribution in [1.82, 2.24) is 0 Å². The second-order valence-electron chi connectivity index (χ2n) is 3.45. The average Bonchev–Trinajstić information content (AvgIpc) is 2.17. The van der Waals surface area contributed by atoms with E-state index in [-0.39, 0.29) is 0 Å². The Kier molecular flexibility index (Phi) is 2.93. The molecule has 0 aliphatic heterocycles. The Morgan fingerprint density at radius 3 is 2.79 bits per heavy atom. The van der Waals surface area contributed by atoms with Crippen LogP contribution in [0.3, 0.4) is 0 Å². The maximum absolute atomic E-state index is 10.5. The van der Waals surface area contributed by atoms with Gasteiger partial charge in [0.2, 0.25) is 0 Å². The smallest absolute Gasteiger partial charge is 0.163 e. The highest BCUT2D eigenvalue weighted by Crippen LogP contribution is 2.18. The van der Waals surface area contributed by atoms with E-state index in [0.717, 1.165) is 6.29 Å². The number of rotatable bonds is 3. The minimum Gasteiger partial charge on any atom is -0.475 e. The maximum Gasteiger partial charge on any atom is 0.163 e. The van der Waals surface area contributed by atoms with E-state index < -0.39 is 5.60 Å². The number of aldehydes is 1. The standard InChI is InChI=1S/C12H12O2/c1-4-12(2,3)14-11-7-5-6-10(8-11)9-13/h1,5-9H,2-3H3. The Hall–Kier alpha value is -1.75. The van der Waals surface area contributed by atoms with Crippen LogP contribution in [-0.2, 0) is 0 Å². The van der Waals surface area contributed by atoms with Gasteiger partial charge in [0, 0.05) is 5.56 Å². The van der Waals surface area contributed by atoms with Crippen LogP contribution in [-0.4, -0.2) is 11.9 Å². The number of terminal acetylenes is 1. The molecular formula is C12H12O2. The Bertz CT molecular complexity index is 372. The van der Waals surface area contributed by atoms with Gasteiger partial charge in [-0.05, 0) is 26.0 Å². The van der Waals surface area contributed by atoms with Gasteiger partial charge in [-0.15, -0.1) is 6.42 Å². The van der Waals surface area contributed by atoms with Gasteiger partial charge >= 0.3 is 0 Å². The molecule has 0 N–H and O–H groups in total. The molecule has 14 heavy (non-hydrogen) atoms. The first-order chi connectivity index (χ1) is 6.57. The summed E-state index contributed by atoms with van der Waals surface area (Å²) in [6.45, 7) is 3.58. The number of carbonyl (C=O) groups excluding carboxylic acids is 1. The molecule has 2 heteroatoms. The van der Waals surface area contributed by atoms with Crippen molar-refractivity contribution in [2.75, 3.05) is 0 Å². The molecule has 0 unspecified atom stereocenters. The molecule has 0 fully saturated rings. The third kappa shape index (κ3) is 2.63. The van der Waals surface area contributed by atoms with Gasteiger partial charge < -0.3 is 4.74 Å². The summed E-state index contributed by atoms with van der Waals surface area (Å²) in [6, 6.07) is 6.90. The summed E-state index contributed by atoms with van der Waals surface area (Å²) in [4.78, 5) is 10.5. The van der Waals surface area contributed by atoms with E-state index in [1.807, 2.05) is 0 Å². The van der Waals surface area contributed by atoms with Crippen molar-refractivity contribution < 1.29 is 9.53 Å². The molecule has 0 atom stereocenters. The fourth-order valence-electron chi connectivity index (χ4n) is 0.975. The lowest BCUT2D eigenvalue weighted by molar-refractivity contribution is 0.112. The minimum absolute atomic E-state index is 0.579. The molecule has 0 aliphatic rings. The van der Waals surface area contributed by atoms with E-state index in [2.05, 4.69) is 5.92 Å². The Morgan fingerprint density at radius 1 is 1.50 bits per heavy atom. The molecule has 72 valence electrons. The van der Waals surface area contributed by atoms with Gasteiger partial charge in [0.15, 0.2) is 5.60 Å². The summed E-state index contributed by atoms with van der Waals surface area (Å²) in [7, 11) is 0. The van der Waals surface area contributed by atoms with E-state index in [0.29, 0.717) is 11.3 Å². The third-order valence-electron chi connectivity index (χ3n) is 1.71. The third-order valence-corrected chi connectivity index (χ3v) is 1.71. The molecule has 0 aromatic heterocycles. The summed E-state index contributed by atoms with van der Waals surface area (Å²) in [6.07, 6.45) is 6.05. The Labute approximate surface area is 83.9 Å². The van der Waals surface area contributed by atoms with Gasteiger partial charge in [-0.1, -0.05) is 18.1 Å². The molecule has 2 nitrogen and oxygen atoms in total. The predicted molar refractivity (Wildman–Crippen MR) is 55.4 cm³/mol. The molecule has 0 saturated carbocycles. The first kappa shape index (κ1) is 10.3. The van der Waals surface area contributed by atoms with Crippen LogP contribution < -0.4 is 4.74 Å². The quantitative estimate of drug-likeness (QED) is 0.537. The highest BCUT2D eigenvalue weighted by molar-refractivity contribution is 5.75.